The van der Waals surface area contributed by atoms with E-state index in [1.807, 2.05) is 65.2 Å². The molecular weight excluding hydrogens is 316 g/mol. The molecule has 0 aliphatic carbocycles. The summed E-state index contributed by atoms with van der Waals surface area (Å²) in [6.07, 6.45) is 0. The number of benzene rings is 3. The van der Waals surface area contributed by atoms with Gasteiger partial charge in [-0.15, -0.1) is 11.8 Å². The molecule has 4 rings (SSSR count). The lowest BCUT2D eigenvalue weighted by Gasteiger charge is -2.06. The van der Waals surface area contributed by atoms with Crippen LogP contribution in [0.5, 0.6) is 0 Å². The predicted molar refractivity (Wildman–Crippen MR) is 102 cm³/mol. The topological polar surface area (TPSA) is 48.0 Å². The van der Waals surface area contributed by atoms with Crippen LogP contribution in [0.3, 0.4) is 0 Å². The maximum atomic E-state index is 12.9. The van der Waals surface area contributed by atoms with Crippen LogP contribution < -0.4 is 5.73 Å². The van der Waals surface area contributed by atoms with Gasteiger partial charge in [0.2, 0.25) is 5.91 Å². The Labute approximate surface area is 144 Å². The lowest BCUT2D eigenvalue weighted by molar-refractivity contribution is 0.0951. The molecule has 1 aromatic heterocycles. The molecule has 0 radical (unpaired) electrons. The van der Waals surface area contributed by atoms with Gasteiger partial charge in [-0.25, -0.2) is 0 Å². The molecule has 0 saturated carbocycles. The Morgan fingerprint density at radius 2 is 1.50 bits per heavy atom. The fourth-order valence-electron chi connectivity index (χ4n) is 3.01. The average molecular weight is 332 g/mol. The van der Waals surface area contributed by atoms with Crippen molar-refractivity contribution in [3.05, 3.63) is 72.8 Å². The third-order valence-corrected chi connectivity index (χ3v) is 5.03. The highest BCUT2D eigenvalue weighted by Gasteiger charge is 2.15. The van der Waals surface area contributed by atoms with E-state index in [9.17, 15) is 4.79 Å². The molecule has 4 aromatic rings. The highest BCUT2D eigenvalue weighted by molar-refractivity contribution is 8.00. The molecule has 2 N–H and O–H groups in total. The molecular formula is C20H16N2OS. The first-order valence-electron chi connectivity index (χ1n) is 7.74. The molecule has 3 nitrogen and oxygen atoms in total. The van der Waals surface area contributed by atoms with Gasteiger partial charge < -0.3 is 5.73 Å². The summed E-state index contributed by atoms with van der Waals surface area (Å²) in [5.74, 6) is 0.436. The van der Waals surface area contributed by atoms with Crippen LogP contribution in [0.2, 0.25) is 0 Å². The Morgan fingerprint density at radius 1 is 0.875 bits per heavy atom. The average Bonchev–Trinajstić information content (AvgIpc) is 2.94. The van der Waals surface area contributed by atoms with Gasteiger partial charge in [0, 0.05) is 21.4 Å². The van der Waals surface area contributed by atoms with Crippen LogP contribution in [0.25, 0.3) is 21.8 Å². The lowest BCUT2D eigenvalue weighted by atomic mass is 10.2. The second-order valence-electron chi connectivity index (χ2n) is 5.62. The summed E-state index contributed by atoms with van der Waals surface area (Å²) in [6.45, 7) is 0. The number of aromatic nitrogens is 1. The van der Waals surface area contributed by atoms with E-state index in [0.29, 0.717) is 11.4 Å². The number of rotatable bonds is 3. The number of carbonyl (C=O) groups is 1. The predicted octanol–water partition coefficient (Wildman–Crippen LogP) is 4.81. The van der Waals surface area contributed by atoms with E-state index in [1.54, 1.807) is 0 Å². The summed E-state index contributed by atoms with van der Waals surface area (Å²) in [7, 11) is 0. The maximum absolute atomic E-state index is 12.9. The van der Waals surface area contributed by atoms with Crippen molar-refractivity contribution < 1.29 is 4.79 Å². The standard InChI is InChI=1S/C20H16N2OS/c21-14-6-5-7-15(12-14)24-13-20(23)22-18-10-3-1-8-16(18)17-9-2-4-11-19(17)22/h1-12H,13,21H2. The molecule has 0 spiro atoms. The molecule has 0 unspecified atom stereocenters. The van der Waals surface area contributed by atoms with Crippen molar-refractivity contribution in [2.24, 2.45) is 0 Å². The number of nitrogen functional groups attached to an aromatic ring is 1. The van der Waals surface area contributed by atoms with E-state index >= 15 is 0 Å². The first-order chi connectivity index (χ1) is 11.7. The number of nitrogens with two attached hydrogens (primary N) is 1. The number of fused-ring (bicyclic) bond motifs is 3. The highest BCUT2D eigenvalue weighted by Crippen LogP contribution is 2.29. The van der Waals surface area contributed by atoms with Gasteiger partial charge in [0.15, 0.2) is 0 Å². The van der Waals surface area contributed by atoms with Crippen molar-refractivity contribution in [2.75, 3.05) is 11.5 Å². The zero-order valence-electron chi connectivity index (χ0n) is 13.0. The van der Waals surface area contributed by atoms with E-state index in [1.165, 1.54) is 11.8 Å². The van der Waals surface area contributed by atoms with Crippen molar-refractivity contribution in [3.63, 3.8) is 0 Å². The molecule has 0 bridgehead atoms. The largest absolute Gasteiger partial charge is 0.399 e. The number of para-hydroxylation sites is 2. The van der Waals surface area contributed by atoms with Crippen LogP contribution in [-0.4, -0.2) is 16.2 Å². The van der Waals surface area contributed by atoms with Crippen LogP contribution in [0.15, 0.2) is 77.7 Å². The quantitative estimate of drug-likeness (QED) is 0.433. The van der Waals surface area contributed by atoms with Gasteiger partial charge in [-0.05, 0) is 30.3 Å². The molecule has 1 heterocycles. The Hall–Kier alpha value is -2.72. The second-order valence-corrected chi connectivity index (χ2v) is 6.67. The monoisotopic (exact) mass is 332 g/mol. The van der Waals surface area contributed by atoms with Gasteiger partial charge >= 0.3 is 0 Å². The molecule has 0 amide bonds. The van der Waals surface area contributed by atoms with Crippen LogP contribution in [0.4, 0.5) is 5.69 Å². The van der Waals surface area contributed by atoms with Crippen LogP contribution in [0, 0.1) is 0 Å². The van der Waals surface area contributed by atoms with E-state index in [-0.39, 0.29) is 5.91 Å². The SMILES string of the molecule is Nc1cccc(SCC(=O)n2c3ccccc3c3ccccc32)c1. The van der Waals surface area contributed by atoms with Crippen molar-refractivity contribution >= 4 is 45.2 Å². The summed E-state index contributed by atoms with van der Waals surface area (Å²) in [4.78, 5) is 13.9. The summed E-state index contributed by atoms with van der Waals surface area (Å²) in [5, 5.41) is 2.21. The van der Waals surface area contributed by atoms with Crippen molar-refractivity contribution in [2.45, 2.75) is 4.90 Å². The molecule has 118 valence electrons. The van der Waals surface area contributed by atoms with Crippen molar-refractivity contribution in [1.29, 1.82) is 0 Å². The minimum Gasteiger partial charge on any atom is -0.399 e. The number of anilines is 1. The summed E-state index contributed by atoms with van der Waals surface area (Å²) in [6, 6.07) is 23.7. The fraction of sp³-hybridized carbons (Fsp3) is 0.0500. The third kappa shape index (κ3) is 2.55. The van der Waals surface area contributed by atoms with E-state index in [0.717, 1.165) is 26.7 Å². The van der Waals surface area contributed by atoms with E-state index < -0.39 is 0 Å². The number of carbonyl (C=O) groups excluding carboxylic acids is 1. The number of hydrogen-bond acceptors (Lipinski definition) is 3. The molecule has 0 saturated heterocycles. The first kappa shape index (κ1) is 14.8. The molecule has 0 atom stereocenters. The van der Waals surface area contributed by atoms with Crippen LogP contribution in [-0.2, 0) is 0 Å². The minimum absolute atomic E-state index is 0.0693. The summed E-state index contributed by atoms with van der Waals surface area (Å²) in [5.41, 5.74) is 8.43. The maximum Gasteiger partial charge on any atom is 0.241 e. The summed E-state index contributed by atoms with van der Waals surface area (Å²) >= 11 is 1.51. The zero-order chi connectivity index (χ0) is 16.5. The third-order valence-electron chi connectivity index (χ3n) is 4.05. The normalized spacial score (nSPS) is 11.2. The molecule has 0 aliphatic heterocycles. The van der Waals surface area contributed by atoms with E-state index in [2.05, 4.69) is 12.1 Å². The highest BCUT2D eigenvalue weighted by atomic mass is 32.2. The summed E-state index contributed by atoms with van der Waals surface area (Å²) < 4.78 is 1.82. The van der Waals surface area contributed by atoms with Gasteiger partial charge in [0.25, 0.3) is 0 Å². The smallest absolute Gasteiger partial charge is 0.241 e. The molecule has 24 heavy (non-hydrogen) atoms. The lowest BCUT2D eigenvalue weighted by Crippen LogP contribution is -2.12. The second kappa shape index (κ2) is 6.06. The number of thioether (sulfide) groups is 1. The molecule has 0 fully saturated rings. The molecule has 3 aromatic carbocycles. The van der Waals surface area contributed by atoms with Gasteiger partial charge in [-0.3, -0.25) is 9.36 Å². The Balaban J connectivity index is 1.73. The van der Waals surface area contributed by atoms with Gasteiger partial charge in [-0.2, -0.15) is 0 Å². The molecule has 0 aliphatic rings. The van der Waals surface area contributed by atoms with Gasteiger partial charge in [-0.1, -0.05) is 42.5 Å². The Bertz CT molecular complexity index is 999. The van der Waals surface area contributed by atoms with Gasteiger partial charge in [0.1, 0.15) is 0 Å². The fourth-order valence-corrected chi connectivity index (χ4v) is 3.82. The van der Waals surface area contributed by atoms with Crippen molar-refractivity contribution in [1.82, 2.24) is 4.57 Å². The number of nitrogens with zero attached hydrogens (tertiary/aromatic N) is 1. The Morgan fingerprint density at radius 3 is 2.12 bits per heavy atom. The Kier molecular flexibility index (Phi) is 3.75. The van der Waals surface area contributed by atoms with Crippen LogP contribution in [0.1, 0.15) is 4.79 Å². The molecule has 4 heteroatoms. The van der Waals surface area contributed by atoms with Crippen molar-refractivity contribution in [3.8, 4) is 0 Å². The van der Waals surface area contributed by atoms with E-state index in [4.69, 9.17) is 5.73 Å². The first-order valence-corrected chi connectivity index (χ1v) is 8.72. The number of hydrogen-bond donors (Lipinski definition) is 1. The van der Waals surface area contributed by atoms with Crippen LogP contribution >= 0.6 is 11.8 Å². The van der Waals surface area contributed by atoms with Gasteiger partial charge in [0.05, 0.1) is 16.8 Å². The minimum atomic E-state index is 0.0693. The zero-order valence-corrected chi connectivity index (χ0v) is 13.8.